The highest BCUT2D eigenvalue weighted by Gasteiger charge is 2.18. The predicted molar refractivity (Wildman–Crippen MR) is 154 cm³/mol. The molecular weight excluding hydrogens is 529 g/mol. The van der Waals surface area contributed by atoms with Gasteiger partial charge in [-0.2, -0.15) is 0 Å². The number of halogens is 3. The van der Waals surface area contributed by atoms with Gasteiger partial charge in [0.05, 0.1) is 16.5 Å². The van der Waals surface area contributed by atoms with Gasteiger partial charge in [-0.05, 0) is 99.1 Å². The molecule has 0 spiro atoms. The number of piperidine rings is 1. The van der Waals surface area contributed by atoms with Crippen molar-refractivity contribution < 1.29 is 9.59 Å². The Balaban J connectivity index is 1.17. The molecule has 200 valence electrons. The molecule has 5 nitrogen and oxygen atoms in total. The van der Waals surface area contributed by atoms with Gasteiger partial charge < -0.3 is 15.5 Å². The zero-order valence-corrected chi connectivity index (χ0v) is 23.4. The van der Waals surface area contributed by atoms with Gasteiger partial charge in [0.1, 0.15) is 0 Å². The fraction of sp³-hybridized carbons (Fsp3) is 0.448. The van der Waals surface area contributed by atoms with E-state index in [0.717, 1.165) is 63.0 Å². The molecule has 0 aromatic heterocycles. The first kappa shape index (κ1) is 29.5. The molecule has 1 fully saturated rings. The lowest BCUT2D eigenvalue weighted by Gasteiger charge is -2.32. The number of nitrogens with zero attached hydrogens (tertiary/aromatic N) is 1. The average molecular weight is 565 g/mol. The maximum Gasteiger partial charge on any atom is 0.243 e. The van der Waals surface area contributed by atoms with Crippen molar-refractivity contribution in [1.82, 2.24) is 15.5 Å². The Morgan fingerprint density at radius 1 is 0.892 bits per heavy atom. The third kappa shape index (κ3) is 11.5. The van der Waals surface area contributed by atoms with Gasteiger partial charge in [0.2, 0.25) is 11.8 Å². The fourth-order valence-electron chi connectivity index (χ4n) is 4.46. The lowest BCUT2D eigenvalue weighted by molar-refractivity contribution is -0.120. The van der Waals surface area contributed by atoms with E-state index >= 15 is 0 Å². The standard InChI is InChI=1S/C29H36Cl3N3O2/c30-25-8-4-24(5-9-25)21-29(37)34-16-12-22-13-18-35(19-14-22)17-3-1-2-15-33-28(36)11-7-23-6-10-26(31)27(32)20-23/h4-11,20,22H,1-3,12-19,21H2,(H,33,36)(H,34,37)/b11-7+. The van der Waals surface area contributed by atoms with E-state index in [1.807, 2.05) is 30.3 Å². The second-order valence-corrected chi connectivity index (χ2v) is 10.8. The van der Waals surface area contributed by atoms with Crippen LogP contribution in [-0.4, -0.2) is 49.4 Å². The van der Waals surface area contributed by atoms with Crippen molar-refractivity contribution >= 4 is 52.7 Å². The number of carbonyl (C=O) groups is 2. The molecule has 1 saturated heterocycles. The van der Waals surface area contributed by atoms with Gasteiger partial charge in [-0.1, -0.05) is 59.4 Å². The molecule has 8 heteroatoms. The summed E-state index contributed by atoms with van der Waals surface area (Å²) >= 11 is 17.8. The molecule has 0 radical (unpaired) electrons. The van der Waals surface area contributed by atoms with E-state index < -0.39 is 0 Å². The number of amides is 2. The van der Waals surface area contributed by atoms with Crippen LogP contribution in [0.1, 0.15) is 49.7 Å². The molecule has 0 unspecified atom stereocenters. The number of hydrogen-bond donors (Lipinski definition) is 2. The molecule has 2 amide bonds. The van der Waals surface area contributed by atoms with Crippen LogP contribution in [0.5, 0.6) is 0 Å². The fourth-order valence-corrected chi connectivity index (χ4v) is 4.89. The number of nitrogens with one attached hydrogen (secondary N) is 2. The molecule has 1 aliphatic heterocycles. The second-order valence-electron chi connectivity index (χ2n) is 9.59. The lowest BCUT2D eigenvalue weighted by Crippen LogP contribution is -2.36. The van der Waals surface area contributed by atoms with Crippen LogP contribution in [0.25, 0.3) is 6.08 Å². The summed E-state index contributed by atoms with van der Waals surface area (Å²) < 4.78 is 0. The number of benzene rings is 2. The van der Waals surface area contributed by atoms with E-state index in [2.05, 4.69) is 15.5 Å². The Labute approximate surface area is 235 Å². The first-order chi connectivity index (χ1) is 17.9. The SMILES string of the molecule is O=C(/C=C/c1ccc(Cl)c(Cl)c1)NCCCCCN1CCC(CCNC(=O)Cc2ccc(Cl)cc2)CC1. The van der Waals surface area contributed by atoms with Crippen molar-refractivity contribution in [3.05, 3.63) is 74.7 Å². The summed E-state index contributed by atoms with van der Waals surface area (Å²) in [4.78, 5) is 26.7. The third-order valence-corrected chi connectivity index (χ3v) is 7.67. The highest BCUT2D eigenvalue weighted by Crippen LogP contribution is 2.23. The first-order valence-corrected chi connectivity index (χ1v) is 14.2. The van der Waals surface area contributed by atoms with Gasteiger partial charge in [-0.15, -0.1) is 0 Å². The van der Waals surface area contributed by atoms with Crippen LogP contribution in [0.2, 0.25) is 15.1 Å². The van der Waals surface area contributed by atoms with Gasteiger partial charge in [-0.25, -0.2) is 0 Å². The van der Waals surface area contributed by atoms with Crippen LogP contribution in [0.3, 0.4) is 0 Å². The molecule has 2 aromatic carbocycles. The minimum atomic E-state index is -0.102. The Bertz CT molecular complexity index is 1040. The quantitative estimate of drug-likeness (QED) is 0.218. The van der Waals surface area contributed by atoms with Crippen LogP contribution >= 0.6 is 34.8 Å². The molecule has 0 aliphatic carbocycles. The van der Waals surface area contributed by atoms with Crippen LogP contribution < -0.4 is 10.6 Å². The van der Waals surface area contributed by atoms with Crippen molar-refractivity contribution in [1.29, 1.82) is 0 Å². The average Bonchev–Trinajstić information content (AvgIpc) is 2.89. The minimum Gasteiger partial charge on any atom is -0.356 e. The first-order valence-electron chi connectivity index (χ1n) is 13.0. The summed E-state index contributed by atoms with van der Waals surface area (Å²) in [6.45, 7) is 4.77. The van der Waals surface area contributed by atoms with Crippen molar-refractivity contribution in [2.45, 2.75) is 44.9 Å². The molecule has 1 heterocycles. The lowest BCUT2D eigenvalue weighted by atomic mass is 9.93. The molecule has 0 atom stereocenters. The summed E-state index contributed by atoms with van der Waals surface area (Å²) in [6, 6.07) is 12.7. The number of carbonyl (C=O) groups excluding carboxylic acids is 2. The zero-order chi connectivity index (χ0) is 26.5. The Morgan fingerprint density at radius 3 is 2.38 bits per heavy atom. The Morgan fingerprint density at radius 2 is 1.65 bits per heavy atom. The van der Waals surface area contributed by atoms with E-state index in [1.54, 1.807) is 18.2 Å². The van der Waals surface area contributed by atoms with E-state index in [1.165, 1.54) is 18.9 Å². The zero-order valence-electron chi connectivity index (χ0n) is 21.2. The number of unbranched alkanes of at least 4 members (excludes halogenated alkanes) is 2. The third-order valence-electron chi connectivity index (χ3n) is 6.68. The van der Waals surface area contributed by atoms with Crippen molar-refractivity contribution in [2.75, 3.05) is 32.7 Å². The van der Waals surface area contributed by atoms with Gasteiger partial charge in [-0.3, -0.25) is 9.59 Å². The van der Waals surface area contributed by atoms with Gasteiger partial charge >= 0.3 is 0 Å². The molecule has 2 N–H and O–H groups in total. The van der Waals surface area contributed by atoms with E-state index in [0.29, 0.717) is 34.0 Å². The molecule has 2 aromatic rings. The van der Waals surface area contributed by atoms with E-state index in [9.17, 15) is 9.59 Å². The largest absolute Gasteiger partial charge is 0.356 e. The van der Waals surface area contributed by atoms with Crippen LogP contribution in [-0.2, 0) is 16.0 Å². The minimum absolute atomic E-state index is 0.0680. The van der Waals surface area contributed by atoms with Gasteiger partial charge in [0, 0.05) is 24.2 Å². The maximum atomic E-state index is 12.1. The highest BCUT2D eigenvalue weighted by atomic mass is 35.5. The summed E-state index contributed by atoms with van der Waals surface area (Å²) in [5.41, 5.74) is 1.82. The topological polar surface area (TPSA) is 61.4 Å². The number of rotatable bonds is 13. The number of likely N-dealkylation sites (tertiary alicyclic amines) is 1. The Kier molecular flexibility index (Phi) is 12.8. The summed E-state index contributed by atoms with van der Waals surface area (Å²) in [5.74, 6) is 0.645. The van der Waals surface area contributed by atoms with Gasteiger partial charge in [0.25, 0.3) is 0 Å². The maximum absolute atomic E-state index is 12.1. The van der Waals surface area contributed by atoms with E-state index in [-0.39, 0.29) is 11.8 Å². The molecule has 3 rings (SSSR count). The summed E-state index contributed by atoms with van der Waals surface area (Å²) in [7, 11) is 0. The molecule has 0 saturated carbocycles. The predicted octanol–water partition coefficient (Wildman–Crippen LogP) is 6.41. The van der Waals surface area contributed by atoms with Crippen LogP contribution in [0.15, 0.2) is 48.5 Å². The number of hydrogen-bond acceptors (Lipinski definition) is 3. The molecule has 0 bridgehead atoms. The second kappa shape index (κ2) is 16.0. The van der Waals surface area contributed by atoms with E-state index in [4.69, 9.17) is 34.8 Å². The Hall–Kier alpha value is -2.05. The van der Waals surface area contributed by atoms with Crippen LogP contribution in [0, 0.1) is 5.92 Å². The molecule has 37 heavy (non-hydrogen) atoms. The summed E-state index contributed by atoms with van der Waals surface area (Å²) in [5, 5.41) is 7.65. The monoisotopic (exact) mass is 563 g/mol. The van der Waals surface area contributed by atoms with Crippen molar-refractivity contribution in [2.24, 2.45) is 5.92 Å². The van der Waals surface area contributed by atoms with Crippen molar-refractivity contribution in [3.63, 3.8) is 0 Å². The molecule has 1 aliphatic rings. The molecular formula is C29H36Cl3N3O2. The smallest absolute Gasteiger partial charge is 0.243 e. The van der Waals surface area contributed by atoms with Crippen molar-refractivity contribution in [3.8, 4) is 0 Å². The highest BCUT2D eigenvalue weighted by molar-refractivity contribution is 6.42. The normalized spacial score (nSPS) is 14.7. The van der Waals surface area contributed by atoms with Gasteiger partial charge in [0.15, 0.2) is 0 Å². The summed E-state index contributed by atoms with van der Waals surface area (Å²) in [6.07, 6.45) is 10.3. The van der Waals surface area contributed by atoms with Crippen LogP contribution in [0.4, 0.5) is 0 Å².